The van der Waals surface area contributed by atoms with Crippen molar-refractivity contribution in [2.75, 3.05) is 36.5 Å². The van der Waals surface area contributed by atoms with Crippen LogP contribution in [0.15, 0.2) is 18.2 Å². The summed E-state index contributed by atoms with van der Waals surface area (Å²) in [5.41, 5.74) is 6.55. The molecule has 3 aliphatic rings. The number of nitrogens with zero attached hydrogens (tertiary/aromatic N) is 2. The molecule has 0 aromatic heterocycles. The fraction of sp³-hybridized carbons (Fsp3) is 0.636. The van der Waals surface area contributed by atoms with E-state index in [1.54, 1.807) is 6.07 Å². The molecule has 1 atom stereocenters. The van der Waals surface area contributed by atoms with Crippen molar-refractivity contribution in [2.45, 2.75) is 63.3 Å². The van der Waals surface area contributed by atoms with Gasteiger partial charge in [0.15, 0.2) is 5.75 Å². The minimum atomic E-state index is -3.07. The topological polar surface area (TPSA) is 97.1 Å². The Balaban J connectivity index is 1.53. The number of nitrogens with two attached hydrogens (primary N) is 1. The summed E-state index contributed by atoms with van der Waals surface area (Å²) >= 11 is 0. The molecule has 32 heavy (non-hydrogen) atoms. The molecule has 2 amide bonds. The summed E-state index contributed by atoms with van der Waals surface area (Å²) in [5.74, 6) is -0.774. The van der Waals surface area contributed by atoms with Gasteiger partial charge in [-0.3, -0.25) is 14.5 Å². The first-order chi connectivity index (χ1) is 15.5. The quantitative estimate of drug-likeness (QED) is 0.597. The van der Waals surface area contributed by atoms with Crippen LogP contribution in [-0.2, 0) is 14.3 Å². The van der Waals surface area contributed by atoms with Gasteiger partial charge >= 0.3 is 6.61 Å². The Kier molecular flexibility index (Phi) is 7.22. The first-order valence-corrected chi connectivity index (χ1v) is 11.2. The predicted molar refractivity (Wildman–Crippen MR) is 115 cm³/mol. The molecule has 1 aromatic rings. The SMILES string of the molecule is NC[C@@H](C(=O)Nc1ccc(N2CCOCC2=O)c(OC(F)F)c1)N(C1CCC1)C1CCC1. The molecule has 8 nitrogen and oxygen atoms in total. The lowest BCUT2D eigenvalue weighted by Gasteiger charge is -2.49. The molecule has 0 bridgehead atoms. The van der Waals surface area contributed by atoms with Gasteiger partial charge in [0.25, 0.3) is 5.91 Å². The highest BCUT2D eigenvalue weighted by Crippen LogP contribution is 2.36. The molecule has 4 rings (SSSR count). The molecule has 3 fully saturated rings. The van der Waals surface area contributed by atoms with Crippen LogP contribution in [0.4, 0.5) is 20.2 Å². The van der Waals surface area contributed by atoms with Gasteiger partial charge in [0, 0.05) is 36.9 Å². The lowest BCUT2D eigenvalue weighted by Crippen LogP contribution is -2.60. The van der Waals surface area contributed by atoms with Gasteiger partial charge < -0.3 is 25.4 Å². The van der Waals surface area contributed by atoms with Crippen LogP contribution in [0.5, 0.6) is 5.75 Å². The lowest BCUT2D eigenvalue weighted by molar-refractivity contribution is -0.126. The summed E-state index contributed by atoms with van der Waals surface area (Å²) in [6, 6.07) is 4.67. The van der Waals surface area contributed by atoms with Gasteiger partial charge in [-0.05, 0) is 37.8 Å². The van der Waals surface area contributed by atoms with Crippen molar-refractivity contribution in [3.05, 3.63) is 18.2 Å². The summed E-state index contributed by atoms with van der Waals surface area (Å²) in [6.45, 7) is -2.48. The molecular weight excluding hydrogens is 422 g/mol. The molecule has 0 radical (unpaired) electrons. The predicted octanol–water partition coefficient (Wildman–Crippen LogP) is 2.32. The number of anilines is 2. The second-order valence-electron chi connectivity index (χ2n) is 8.52. The van der Waals surface area contributed by atoms with Crippen LogP contribution in [0.25, 0.3) is 0 Å². The van der Waals surface area contributed by atoms with Crippen LogP contribution < -0.4 is 20.7 Å². The minimum Gasteiger partial charge on any atom is -0.433 e. The minimum absolute atomic E-state index is 0.122. The molecule has 1 aromatic carbocycles. The molecule has 2 saturated carbocycles. The third-order valence-electron chi connectivity index (χ3n) is 6.60. The van der Waals surface area contributed by atoms with Gasteiger partial charge in [-0.2, -0.15) is 8.78 Å². The number of amides is 2. The summed E-state index contributed by atoms with van der Waals surface area (Å²) in [7, 11) is 0. The van der Waals surface area contributed by atoms with E-state index in [2.05, 4.69) is 15.0 Å². The number of benzene rings is 1. The Labute approximate surface area is 186 Å². The van der Waals surface area contributed by atoms with E-state index in [9.17, 15) is 18.4 Å². The lowest BCUT2D eigenvalue weighted by atomic mass is 9.83. The summed E-state index contributed by atoms with van der Waals surface area (Å²) in [6.07, 6.45) is 6.57. The number of alkyl halides is 2. The fourth-order valence-corrected chi connectivity index (χ4v) is 4.54. The van der Waals surface area contributed by atoms with E-state index in [0.29, 0.717) is 24.4 Å². The van der Waals surface area contributed by atoms with E-state index in [1.165, 1.54) is 17.0 Å². The van der Waals surface area contributed by atoms with Crippen molar-refractivity contribution >= 4 is 23.2 Å². The molecule has 0 spiro atoms. The molecule has 3 N–H and O–H groups in total. The van der Waals surface area contributed by atoms with E-state index < -0.39 is 12.7 Å². The number of nitrogens with one attached hydrogen (secondary N) is 1. The zero-order chi connectivity index (χ0) is 22.7. The number of ether oxygens (including phenoxy) is 2. The highest BCUT2D eigenvalue weighted by molar-refractivity contribution is 5.98. The number of hydrogen-bond donors (Lipinski definition) is 2. The molecule has 2 aliphatic carbocycles. The second-order valence-corrected chi connectivity index (χ2v) is 8.52. The van der Waals surface area contributed by atoms with E-state index in [0.717, 1.165) is 38.5 Å². The second kappa shape index (κ2) is 10.1. The van der Waals surface area contributed by atoms with Gasteiger partial charge in [-0.1, -0.05) is 12.8 Å². The van der Waals surface area contributed by atoms with Crippen molar-refractivity contribution in [1.82, 2.24) is 4.90 Å². The monoisotopic (exact) mass is 452 g/mol. The fourth-order valence-electron chi connectivity index (χ4n) is 4.54. The van der Waals surface area contributed by atoms with Gasteiger partial charge in [-0.25, -0.2) is 0 Å². The normalized spacial score (nSPS) is 20.8. The average molecular weight is 453 g/mol. The van der Waals surface area contributed by atoms with Crippen LogP contribution in [-0.4, -0.2) is 67.8 Å². The maximum Gasteiger partial charge on any atom is 0.387 e. The third-order valence-corrected chi connectivity index (χ3v) is 6.60. The first-order valence-electron chi connectivity index (χ1n) is 11.2. The number of hydrogen-bond acceptors (Lipinski definition) is 6. The van der Waals surface area contributed by atoms with E-state index in [-0.39, 0.29) is 42.9 Å². The number of morpholine rings is 1. The van der Waals surface area contributed by atoms with Crippen molar-refractivity contribution in [1.29, 1.82) is 0 Å². The van der Waals surface area contributed by atoms with Crippen molar-refractivity contribution in [2.24, 2.45) is 5.73 Å². The summed E-state index contributed by atoms with van der Waals surface area (Å²) < 4.78 is 35.9. The standard InChI is InChI=1S/C22H30F2N4O4/c23-22(24)32-19-11-14(7-8-17(19)27-9-10-31-13-20(27)29)26-21(30)18(12-25)28(15-3-1-4-15)16-5-2-6-16/h7-8,11,15-16,18,22H,1-6,9-10,12-13,25H2,(H,26,30)/t18-/m0/s1. The van der Waals surface area contributed by atoms with Gasteiger partial charge in [-0.15, -0.1) is 0 Å². The van der Waals surface area contributed by atoms with Gasteiger partial charge in [0.1, 0.15) is 12.6 Å². The molecule has 176 valence electrons. The molecular formula is C22H30F2N4O4. The Morgan fingerprint density at radius 1 is 1.25 bits per heavy atom. The average Bonchev–Trinajstić information content (AvgIpc) is 2.66. The zero-order valence-corrected chi connectivity index (χ0v) is 18.0. The molecule has 1 heterocycles. The third kappa shape index (κ3) is 4.87. The Morgan fingerprint density at radius 3 is 2.47 bits per heavy atom. The number of rotatable bonds is 9. The molecule has 0 unspecified atom stereocenters. The zero-order valence-electron chi connectivity index (χ0n) is 18.0. The maximum atomic E-state index is 13.1. The molecule has 1 aliphatic heterocycles. The van der Waals surface area contributed by atoms with Crippen LogP contribution in [0, 0.1) is 0 Å². The van der Waals surface area contributed by atoms with E-state index in [4.69, 9.17) is 10.5 Å². The van der Waals surface area contributed by atoms with E-state index in [1.807, 2.05) is 0 Å². The molecule has 10 heteroatoms. The van der Waals surface area contributed by atoms with Gasteiger partial charge in [0.2, 0.25) is 5.91 Å². The van der Waals surface area contributed by atoms with Crippen LogP contribution in [0.2, 0.25) is 0 Å². The van der Waals surface area contributed by atoms with Crippen LogP contribution in [0.3, 0.4) is 0 Å². The van der Waals surface area contributed by atoms with E-state index >= 15 is 0 Å². The Hall–Kier alpha value is -2.30. The van der Waals surface area contributed by atoms with Crippen molar-refractivity contribution in [3.63, 3.8) is 0 Å². The Morgan fingerprint density at radius 2 is 1.94 bits per heavy atom. The first kappa shape index (κ1) is 22.9. The molecule has 1 saturated heterocycles. The van der Waals surface area contributed by atoms with Crippen LogP contribution in [0.1, 0.15) is 38.5 Å². The largest absolute Gasteiger partial charge is 0.433 e. The number of carbonyl (C=O) groups excluding carboxylic acids is 2. The smallest absolute Gasteiger partial charge is 0.387 e. The maximum absolute atomic E-state index is 13.1. The number of carbonyl (C=O) groups is 2. The summed E-state index contributed by atoms with van der Waals surface area (Å²) in [4.78, 5) is 28.9. The summed E-state index contributed by atoms with van der Waals surface area (Å²) in [5, 5.41) is 2.82. The van der Waals surface area contributed by atoms with Crippen molar-refractivity contribution in [3.8, 4) is 5.75 Å². The van der Waals surface area contributed by atoms with Crippen molar-refractivity contribution < 1.29 is 27.8 Å². The van der Waals surface area contributed by atoms with Crippen LogP contribution >= 0.6 is 0 Å². The number of halogens is 2. The highest BCUT2D eigenvalue weighted by atomic mass is 19.3. The highest BCUT2D eigenvalue weighted by Gasteiger charge is 2.40. The van der Waals surface area contributed by atoms with Gasteiger partial charge in [0.05, 0.1) is 12.3 Å². The Bertz CT molecular complexity index is 818.